The SMILES string of the molecule is C=CC=CC(=C)N(C)C(=NN=C)c1ccccc1. The van der Waals surface area contributed by atoms with E-state index in [2.05, 4.69) is 30.1 Å². The van der Waals surface area contributed by atoms with Crippen LogP contribution in [0.3, 0.4) is 0 Å². The highest BCUT2D eigenvalue weighted by molar-refractivity contribution is 5.99. The van der Waals surface area contributed by atoms with Crippen LogP contribution in [0.15, 0.2) is 77.6 Å². The standard InChI is InChI=1S/C15H17N3/c1-5-6-10-13(2)18(4)15(17-16-3)14-11-8-7-9-12-14/h5-12H,1-3H2,4H3. The van der Waals surface area contributed by atoms with Gasteiger partial charge in [-0.2, -0.15) is 5.10 Å². The van der Waals surface area contributed by atoms with Crippen molar-refractivity contribution in [1.82, 2.24) is 4.90 Å². The van der Waals surface area contributed by atoms with Crippen LogP contribution >= 0.6 is 0 Å². The first-order chi connectivity index (χ1) is 8.70. The van der Waals surface area contributed by atoms with Crippen LogP contribution in [0, 0.1) is 0 Å². The predicted octanol–water partition coefficient (Wildman–Crippen LogP) is 3.24. The highest BCUT2D eigenvalue weighted by Gasteiger charge is 2.10. The van der Waals surface area contributed by atoms with E-state index >= 15 is 0 Å². The molecule has 0 aliphatic rings. The second-order valence-corrected chi connectivity index (χ2v) is 3.58. The Hall–Kier alpha value is -2.42. The Bertz CT molecular complexity index is 484. The second kappa shape index (κ2) is 7.01. The molecule has 0 saturated heterocycles. The predicted molar refractivity (Wildman–Crippen MR) is 78.8 cm³/mol. The molecule has 3 heteroatoms. The normalized spacial score (nSPS) is 11.3. The summed E-state index contributed by atoms with van der Waals surface area (Å²) in [6.45, 7) is 11.0. The molecule has 3 nitrogen and oxygen atoms in total. The molecule has 0 radical (unpaired) electrons. The minimum atomic E-state index is 0.698. The van der Waals surface area contributed by atoms with E-state index in [0.29, 0.717) is 5.84 Å². The van der Waals surface area contributed by atoms with Gasteiger partial charge in [0.05, 0.1) is 0 Å². The third-order valence-electron chi connectivity index (χ3n) is 2.37. The zero-order chi connectivity index (χ0) is 13.4. The van der Waals surface area contributed by atoms with E-state index in [4.69, 9.17) is 0 Å². The van der Waals surface area contributed by atoms with Gasteiger partial charge < -0.3 is 4.90 Å². The van der Waals surface area contributed by atoms with Gasteiger partial charge in [-0.3, -0.25) is 0 Å². The maximum absolute atomic E-state index is 4.06. The van der Waals surface area contributed by atoms with Crippen molar-refractivity contribution in [2.24, 2.45) is 10.2 Å². The van der Waals surface area contributed by atoms with Gasteiger partial charge in [-0.15, -0.1) is 5.10 Å². The highest BCUT2D eigenvalue weighted by atomic mass is 15.3. The van der Waals surface area contributed by atoms with Crippen LogP contribution in [-0.4, -0.2) is 24.5 Å². The molecule has 0 fully saturated rings. The Kier molecular flexibility index (Phi) is 5.32. The lowest BCUT2D eigenvalue weighted by Crippen LogP contribution is -2.25. The molecule has 1 aromatic rings. The summed E-state index contributed by atoms with van der Waals surface area (Å²) < 4.78 is 0. The van der Waals surface area contributed by atoms with Gasteiger partial charge in [-0.05, 0) is 6.08 Å². The molecule has 0 bridgehead atoms. The number of allylic oxidation sites excluding steroid dienone is 3. The van der Waals surface area contributed by atoms with E-state index in [0.717, 1.165) is 11.3 Å². The largest absolute Gasteiger partial charge is 0.328 e. The molecule has 1 aromatic carbocycles. The fourth-order valence-corrected chi connectivity index (χ4v) is 1.40. The van der Waals surface area contributed by atoms with E-state index in [1.165, 1.54) is 0 Å². The number of amidine groups is 1. The third kappa shape index (κ3) is 3.56. The molecule has 0 aromatic heterocycles. The average Bonchev–Trinajstić information content (AvgIpc) is 2.42. The topological polar surface area (TPSA) is 28.0 Å². The van der Waals surface area contributed by atoms with Crippen molar-refractivity contribution in [3.63, 3.8) is 0 Å². The zero-order valence-electron chi connectivity index (χ0n) is 10.6. The first-order valence-corrected chi connectivity index (χ1v) is 5.51. The minimum Gasteiger partial charge on any atom is -0.328 e. The van der Waals surface area contributed by atoms with Crippen LogP contribution in [-0.2, 0) is 0 Å². The van der Waals surface area contributed by atoms with Crippen molar-refractivity contribution < 1.29 is 0 Å². The van der Waals surface area contributed by atoms with Gasteiger partial charge in [0.1, 0.15) is 0 Å². The molecule has 0 aliphatic heterocycles. The van der Waals surface area contributed by atoms with Crippen LogP contribution < -0.4 is 0 Å². The quantitative estimate of drug-likeness (QED) is 0.335. The molecule has 0 amide bonds. The van der Waals surface area contributed by atoms with Crippen LogP contribution in [0.1, 0.15) is 5.56 Å². The highest BCUT2D eigenvalue weighted by Crippen LogP contribution is 2.10. The number of hydrogen-bond acceptors (Lipinski definition) is 2. The first-order valence-electron chi connectivity index (χ1n) is 5.51. The first kappa shape index (κ1) is 13.6. The van der Waals surface area contributed by atoms with Crippen LogP contribution in [0.4, 0.5) is 0 Å². The van der Waals surface area contributed by atoms with E-state index < -0.39 is 0 Å². The fourth-order valence-electron chi connectivity index (χ4n) is 1.40. The van der Waals surface area contributed by atoms with Crippen molar-refractivity contribution in [3.05, 3.63) is 73.0 Å². The molecule has 0 atom stereocenters. The molecule has 0 N–H and O–H groups in total. The molecule has 92 valence electrons. The van der Waals surface area contributed by atoms with E-state index in [1.807, 2.05) is 54.4 Å². The third-order valence-corrected chi connectivity index (χ3v) is 2.37. The number of hydrogen-bond donors (Lipinski definition) is 0. The van der Waals surface area contributed by atoms with E-state index in [-0.39, 0.29) is 0 Å². The number of nitrogens with zero attached hydrogens (tertiary/aromatic N) is 3. The Morgan fingerprint density at radius 3 is 2.50 bits per heavy atom. The Labute approximate surface area is 108 Å². The van der Waals surface area contributed by atoms with Crippen molar-refractivity contribution in [1.29, 1.82) is 0 Å². The van der Waals surface area contributed by atoms with Crippen molar-refractivity contribution in [3.8, 4) is 0 Å². The maximum Gasteiger partial charge on any atom is 0.162 e. The average molecular weight is 239 g/mol. The van der Waals surface area contributed by atoms with Gasteiger partial charge in [0.2, 0.25) is 0 Å². The molecular formula is C15H17N3. The lowest BCUT2D eigenvalue weighted by atomic mass is 10.2. The Balaban J connectivity index is 3.04. The molecule has 0 aliphatic carbocycles. The van der Waals surface area contributed by atoms with Gasteiger partial charge in [0.15, 0.2) is 5.84 Å². The Morgan fingerprint density at radius 2 is 1.94 bits per heavy atom. The summed E-state index contributed by atoms with van der Waals surface area (Å²) in [5.74, 6) is 0.698. The number of likely N-dealkylation sites (N-methyl/N-ethyl adjacent to an activating group) is 1. The smallest absolute Gasteiger partial charge is 0.162 e. The van der Waals surface area contributed by atoms with Gasteiger partial charge in [-0.25, -0.2) is 0 Å². The molecular weight excluding hydrogens is 222 g/mol. The van der Waals surface area contributed by atoms with Crippen molar-refractivity contribution in [2.45, 2.75) is 0 Å². The molecule has 0 heterocycles. The number of benzene rings is 1. The van der Waals surface area contributed by atoms with E-state index in [9.17, 15) is 0 Å². The molecule has 1 rings (SSSR count). The Morgan fingerprint density at radius 1 is 1.28 bits per heavy atom. The zero-order valence-corrected chi connectivity index (χ0v) is 10.6. The summed E-state index contributed by atoms with van der Waals surface area (Å²) in [6.07, 6.45) is 5.38. The number of rotatable bonds is 5. The monoisotopic (exact) mass is 239 g/mol. The van der Waals surface area contributed by atoms with Crippen LogP contribution in [0.25, 0.3) is 0 Å². The van der Waals surface area contributed by atoms with Gasteiger partial charge >= 0.3 is 0 Å². The lowest BCUT2D eigenvalue weighted by molar-refractivity contribution is 0.648. The minimum absolute atomic E-state index is 0.698. The van der Waals surface area contributed by atoms with Crippen LogP contribution in [0.2, 0.25) is 0 Å². The molecule has 0 spiro atoms. The van der Waals surface area contributed by atoms with Crippen LogP contribution in [0.5, 0.6) is 0 Å². The van der Waals surface area contributed by atoms with Gasteiger partial charge in [-0.1, -0.05) is 55.6 Å². The molecule has 0 saturated carbocycles. The lowest BCUT2D eigenvalue weighted by Gasteiger charge is -2.20. The fraction of sp³-hybridized carbons (Fsp3) is 0.0667. The molecule has 18 heavy (non-hydrogen) atoms. The molecule has 0 unspecified atom stereocenters. The second-order valence-electron chi connectivity index (χ2n) is 3.58. The van der Waals surface area contributed by atoms with E-state index in [1.54, 1.807) is 6.08 Å². The summed E-state index contributed by atoms with van der Waals surface area (Å²) in [6, 6.07) is 9.78. The summed E-state index contributed by atoms with van der Waals surface area (Å²) in [7, 11) is 1.88. The van der Waals surface area contributed by atoms with Crippen molar-refractivity contribution in [2.75, 3.05) is 7.05 Å². The van der Waals surface area contributed by atoms with Crippen molar-refractivity contribution >= 4 is 12.6 Å². The maximum atomic E-state index is 4.06. The van der Waals surface area contributed by atoms with Gasteiger partial charge in [0.25, 0.3) is 0 Å². The van der Waals surface area contributed by atoms with Gasteiger partial charge in [0, 0.05) is 25.0 Å². The summed E-state index contributed by atoms with van der Waals surface area (Å²) in [5.41, 5.74) is 1.75. The summed E-state index contributed by atoms with van der Waals surface area (Å²) >= 11 is 0. The summed E-state index contributed by atoms with van der Waals surface area (Å²) in [4.78, 5) is 1.85. The summed E-state index contributed by atoms with van der Waals surface area (Å²) in [5, 5.41) is 7.67.